The first-order chi connectivity index (χ1) is 9.63. The lowest BCUT2D eigenvalue weighted by Crippen LogP contribution is -2.03. The normalized spacial score (nSPS) is 9.80. The van der Waals surface area contributed by atoms with Crippen LogP contribution in [0.1, 0.15) is 11.3 Å². The molecule has 0 radical (unpaired) electrons. The summed E-state index contributed by atoms with van der Waals surface area (Å²) in [6, 6.07) is 6.20. The van der Waals surface area contributed by atoms with Crippen LogP contribution in [-0.2, 0) is 6.54 Å². The van der Waals surface area contributed by atoms with Gasteiger partial charge < -0.3 is 10.6 Å². The Morgan fingerprint density at radius 1 is 1.55 bits per heavy atom. The monoisotopic (exact) mass is 289 g/mol. The number of nitrogens with one attached hydrogen (secondary N) is 2. The van der Waals surface area contributed by atoms with E-state index in [0.717, 1.165) is 10.8 Å². The van der Waals surface area contributed by atoms with Crippen LogP contribution < -0.4 is 10.6 Å². The Kier molecular flexibility index (Phi) is 4.12. The first-order valence-electron chi connectivity index (χ1n) is 5.68. The van der Waals surface area contributed by atoms with Crippen molar-refractivity contribution < 1.29 is 4.92 Å². The Balaban J connectivity index is 2.16. The highest BCUT2D eigenvalue weighted by atomic mass is 32.1. The maximum atomic E-state index is 11.0. The van der Waals surface area contributed by atoms with Crippen LogP contribution in [0.25, 0.3) is 0 Å². The molecule has 0 aliphatic rings. The van der Waals surface area contributed by atoms with E-state index in [-0.39, 0.29) is 11.3 Å². The minimum Gasteiger partial charge on any atom is -0.374 e. The molecular weight excluding hydrogens is 278 g/mol. The Bertz CT molecular complexity index is 677. The molecule has 7 nitrogen and oxygen atoms in total. The topological polar surface area (TPSA) is 104 Å². The summed E-state index contributed by atoms with van der Waals surface area (Å²) in [6.07, 6.45) is 0. The van der Waals surface area contributed by atoms with Gasteiger partial charge in [-0.25, -0.2) is 4.98 Å². The van der Waals surface area contributed by atoms with E-state index in [1.54, 1.807) is 7.05 Å². The molecule has 0 aliphatic heterocycles. The fourth-order valence-corrected chi connectivity index (χ4v) is 2.26. The predicted molar refractivity (Wildman–Crippen MR) is 76.8 cm³/mol. The summed E-state index contributed by atoms with van der Waals surface area (Å²) in [7, 11) is 1.78. The average molecular weight is 289 g/mol. The molecule has 0 spiro atoms. The summed E-state index contributed by atoms with van der Waals surface area (Å²) in [5.74, 6) is 0. The lowest BCUT2D eigenvalue weighted by molar-refractivity contribution is -0.384. The zero-order chi connectivity index (χ0) is 14.5. The summed E-state index contributed by atoms with van der Waals surface area (Å²) < 4.78 is 0. The van der Waals surface area contributed by atoms with Gasteiger partial charge >= 0.3 is 0 Å². The van der Waals surface area contributed by atoms with Crippen molar-refractivity contribution in [2.45, 2.75) is 6.54 Å². The number of nitrogens with zero attached hydrogens (tertiary/aromatic N) is 3. The van der Waals surface area contributed by atoms with Crippen molar-refractivity contribution in [1.29, 1.82) is 5.26 Å². The minimum atomic E-state index is -0.511. The smallest absolute Gasteiger partial charge is 0.293 e. The van der Waals surface area contributed by atoms with E-state index >= 15 is 0 Å². The number of aromatic nitrogens is 1. The van der Waals surface area contributed by atoms with Gasteiger partial charge in [-0.15, -0.1) is 11.3 Å². The zero-order valence-electron chi connectivity index (χ0n) is 10.6. The number of nitro groups is 1. The van der Waals surface area contributed by atoms with Gasteiger partial charge in [-0.3, -0.25) is 10.1 Å². The molecule has 0 atom stereocenters. The molecule has 0 saturated heterocycles. The van der Waals surface area contributed by atoms with Gasteiger partial charge in [0.15, 0.2) is 5.13 Å². The Morgan fingerprint density at radius 3 is 2.95 bits per heavy atom. The molecule has 1 aromatic carbocycles. The van der Waals surface area contributed by atoms with Crippen LogP contribution >= 0.6 is 11.3 Å². The third-order valence-electron chi connectivity index (χ3n) is 2.55. The lowest BCUT2D eigenvalue weighted by atomic mass is 10.2. The van der Waals surface area contributed by atoms with E-state index in [0.29, 0.717) is 12.2 Å². The average Bonchev–Trinajstić information content (AvgIpc) is 2.92. The van der Waals surface area contributed by atoms with Crippen molar-refractivity contribution in [3.8, 4) is 6.07 Å². The molecule has 0 amide bonds. The molecular formula is C12H11N5O2S. The van der Waals surface area contributed by atoms with E-state index in [4.69, 9.17) is 5.26 Å². The van der Waals surface area contributed by atoms with Crippen LogP contribution in [0.3, 0.4) is 0 Å². The molecule has 0 bridgehead atoms. The maximum absolute atomic E-state index is 11.0. The molecule has 2 aromatic rings. The maximum Gasteiger partial charge on any atom is 0.293 e. The van der Waals surface area contributed by atoms with Gasteiger partial charge in [0.2, 0.25) is 0 Å². The van der Waals surface area contributed by atoms with Crippen molar-refractivity contribution in [3.63, 3.8) is 0 Å². The van der Waals surface area contributed by atoms with Crippen LogP contribution in [0, 0.1) is 21.4 Å². The first kappa shape index (κ1) is 13.8. The molecule has 2 N–H and O–H groups in total. The van der Waals surface area contributed by atoms with Gasteiger partial charge in [-0.05, 0) is 12.1 Å². The number of nitriles is 1. The third kappa shape index (κ3) is 3.02. The fourth-order valence-electron chi connectivity index (χ4n) is 1.59. The summed E-state index contributed by atoms with van der Waals surface area (Å²) in [6.45, 7) is 0.380. The third-order valence-corrected chi connectivity index (χ3v) is 3.46. The summed E-state index contributed by atoms with van der Waals surface area (Å²) in [5, 5.41) is 28.3. The summed E-state index contributed by atoms with van der Waals surface area (Å²) in [4.78, 5) is 14.7. The molecule has 102 valence electrons. The molecule has 20 heavy (non-hydrogen) atoms. The fraction of sp³-hybridized carbons (Fsp3) is 0.167. The molecule has 0 unspecified atom stereocenters. The lowest BCUT2D eigenvalue weighted by Gasteiger charge is -2.05. The van der Waals surface area contributed by atoms with Gasteiger partial charge in [-0.2, -0.15) is 5.26 Å². The van der Waals surface area contributed by atoms with Crippen LogP contribution in [0.2, 0.25) is 0 Å². The SMILES string of the molecule is CNc1nc(CNc2ccc(C#N)cc2[N+](=O)[O-])cs1. The second-order valence-corrected chi connectivity index (χ2v) is 4.71. The molecule has 1 heterocycles. The number of rotatable bonds is 5. The predicted octanol–water partition coefficient (Wildman–Crippen LogP) is 2.58. The van der Waals surface area contributed by atoms with E-state index < -0.39 is 4.92 Å². The number of nitro benzene ring substituents is 1. The van der Waals surface area contributed by atoms with E-state index in [1.165, 1.54) is 29.5 Å². The van der Waals surface area contributed by atoms with Crippen molar-refractivity contribution >= 4 is 27.8 Å². The van der Waals surface area contributed by atoms with Crippen LogP contribution in [0.5, 0.6) is 0 Å². The van der Waals surface area contributed by atoms with Gasteiger partial charge in [0.1, 0.15) is 5.69 Å². The summed E-state index contributed by atoms with van der Waals surface area (Å²) in [5.41, 5.74) is 1.30. The summed E-state index contributed by atoms with van der Waals surface area (Å²) >= 11 is 1.46. The second kappa shape index (κ2) is 5.99. The number of hydrogen-bond donors (Lipinski definition) is 2. The first-order valence-corrected chi connectivity index (χ1v) is 6.56. The van der Waals surface area contributed by atoms with Crippen molar-refractivity contribution in [3.05, 3.63) is 45.0 Å². The quantitative estimate of drug-likeness (QED) is 0.647. The molecule has 1 aromatic heterocycles. The zero-order valence-corrected chi connectivity index (χ0v) is 11.4. The van der Waals surface area contributed by atoms with Crippen LogP contribution in [0.15, 0.2) is 23.6 Å². The van der Waals surface area contributed by atoms with Crippen molar-refractivity contribution in [2.24, 2.45) is 0 Å². The van der Waals surface area contributed by atoms with Gasteiger partial charge in [0, 0.05) is 18.5 Å². The molecule has 0 aliphatic carbocycles. The molecule has 2 rings (SSSR count). The van der Waals surface area contributed by atoms with E-state index in [2.05, 4.69) is 15.6 Å². The molecule has 0 saturated carbocycles. The highest BCUT2D eigenvalue weighted by molar-refractivity contribution is 7.13. The Hall–Kier alpha value is -2.66. The van der Waals surface area contributed by atoms with Crippen molar-refractivity contribution in [1.82, 2.24) is 4.98 Å². The number of anilines is 2. The number of hydrogen-bond acceptors (Lipinski definition) is 7. The number of thiazole rings is 1. The minimum absolute atomic E-state index is 0.117. The van der Waals surface area contributed by atoms with Crippen molar-refractivity contribution in [2.75, 3.05) is 17.7 Å². The van der Waals surface area contributed by atoms with E-state index in [1.807, 2.05) is 11.4 Å². The standard InChI is InChI=1S/C12H11N5O2S/c1-14-12-16-9(7-20-12)6-15-10-3-2-8(5-13)4-11(10)17(18)19/h2-4,7,15H,6H2,1H3,(H,14,16). The van der Waals surface area contributed by atoms with Crippen LogP contribution in [-0.4, -0.2) is 17.0 Å². The van der Waals surface area contributed by atoms with Gasteiger partial charge in [0.05, 0.1) is 28.8 Å². The van der Waals surface area contributed by atoms with Crippen LogP contribution in [0.4, 0.5) is 16.5 Å². The molecule has 8 heteroatoms. The van der Waals surface area contributed by atoms with Gasteiger partial charge in [-0.1, -0.05) is 0 Å². The highest BCUT2D eigenvalue weighted by Crippen LogP contribution is 2.26. The van der Waals surface area contributed by atoms with E-state index in [9.17, 15) is 10.1 Å². The highest BCUT2D eigenvalue weighted by Gasteiger charge is 2.14. The largest absolute Gasteiger partial charge is 0.374 e. The van der Waals surface area contributed by atoms with Gasteiger partial charge in [0.25, 0.3) is 5.69 Å². The Labute approximate surface area is 119 Å². The Morgan fingerprint density at radius 2 is 2.35 bits per heavy atom. The number of benzene rings is 1. The second-order valence-electron chi connectivity index (χ2n) is 3.85. The molecule has 0 fully saturated rings.